The Bertz CT molecular complexity index is 913. The van der Waals surface area contributed by atoms with E-state index in [1.54, 1.807) is 37.3 Å². The smallest absolute Gasteiger partial charge is 0.328 e. The SMILES string of the molecule is CCOc1ccccc1NC(=O)C(C)Sc1cccc(NC(=O)/C=C/C(=O)O)c1. The predicted molar refractivity (Wildman–Crippen MR) is 113 cm³/mol. The van der Waals surface area contributed by atoms with Crippen molar-refractivity contribution in [2.75, 3.05) is 17.2 Å². The van der Waals surface area contributed by atoms with Gasteiger partial charge in [0.2, 0.25) is 11.8 Å². The van der Waals surface area contributed by atoms with Gasteiger partial charge in [0.1, 0.15) is 5.75 Å². The topological polar surface area (TPSA) is 105 Å². The summed E-state index contributed by atoms with van der Waals surface area (Å²) in [6.45, 7) is 4.15. The van der Waals surface area contributed by atoms with E-state index in [9.17, 15) is 14.4 Å². The molecular formula is C21H22N2O5S. The van der Waals surface area contributed by atoms with Gasteiger partial charge in [-0.05, 0) is 44.2 Å². The molecule has 2 amide bonds. The molecule has 0 aliphatic heterocycles. The van der Waals surface area contributed by atoms with E-state index in [1.807, 2.05) is 25.1 Å². The van der Waals surface area contributed by atoms with Crippen molar-refractivity contribution in [3.05, 3.63) is 60.7 Å². The number of carboxylic acid groups (broad SMARTS) is 1. The van der Waals surface area contributed by atoms with Gasteiger partial charge in [-0.15, -0.1) is 11.8 Å². The molecule has 0 aromatic heterocycles. The molecule has 7 nitrogen and oxygen atoms in total. The Kier molecular flexibility index (Phi) is 8.29. The summed E-state index contributed by atoms with van der Waals surface area (Å²) >= 11 is 1.33. The fraction of sp³-hybridized carbons (Fsp3) is 0.190. The third kappa shape index (κ3) is 7.34. The predicted octanol–water partition coefficient (Wildman–Crippen LogP) is 3.78. The van der Waals surface area contributed by atoms with Gasteiger partial charge in [-0.1, -0.05) is 18.2 Å². The highest BCUT2D eigenvalue weighted by Gasteiger charge is 2.16. The monoisotopic (exact) mass is 414 g/mol. The van der Waals surface area contributed by atoms with Crippen LogP contribution in [0.2, 0.25) is 0 Å². The average Bonchev–Trinajstić information content (AvgIpc) is 2.68. The van der Waals surface area contributed by atoms with Crippen LogP contribution in [0.1, 0.15) is 13.8 Å². The van der Waals surface area contributed by atoms with Gasteiger partial charge in [-0.2, -0.15) is 0 Å². The second kappa shape index (κ2) is 10.9. The van der Waals surface area contributed by atoms with Gasteiger partial charge in [-0.25, -0.2) is 4.79 Å². The number of anilines is 2. The zero-order valence-corrected chi connectivity index (χ0v) is 16.9. The quantitative estimate of drug-likeness (QED) is 0.426. The number of amides is 2. The van der Waals surface area contributed by atoms with E-state index in [1.165, 1.54) is 11.8 Å². The number of carbonyl (C=O) groups is 3. The number of nitrogens with one attached hydrogen (secondary N) is 2. The van der Waals surface area contributed by atoms with Crippen molar-refractivity contribution < 1.29 is 24.2 Å². The summed E-state index contributed by atoms with van der Waals surface area (Å²) in [5, 5.41) is 13.6. The van der Waals surface area contributed by atoms with Gasteiger partial charge in [0.15, 0.2) is 0 Å². The minimum Gasteiger partial charge on any atom is -0.492 e. The van der Waals surface area contributed by atoms with Crippen LogP contribution in [-0.2, 0) is 14.4 Å². The van der Waals surface area contributed by atoms with E-state index in [0.717, 1.165) is 17.0 Å². The molecule has 0 heterocycles. The summed E-state index contributed by atoms with van der Waals surface area (Å²) < 4.78 is 5.52. The molecule has 3 N–H and O–H groups in total. The van der Waals surface area contributed by atoms with Gasteiger partial charge in [0.25, 0.3) is 0 Å². The highest BCUT2D eigenvalue weighted by Crippen LogP contribution is 2.28. The number of benzene rings is 2. The summed E-state index contributed by atoms with van der Waals surface area (Å²) in [6, 6.07) is 14.2. The van der Waals surface area contributed by atoms with E-state index in [4.69, 9.17) is 9.84 Å². The number of thioether (sulfide) groups is 1. The number of carboxylic acids is 1. The Hall–Kier alpha value is -3.26. The average molecular weight is 414 g/mol. The van der Waals surface area contributed by atoms with Crippen LogP contribution in [0.3, 0.4) is 0 Å². The lowest BCUT2D eigenvalue weighted by atomic mass is 10.3. The van der Waals surface area contributed by atoms with Crippen molar-refractivity contribution in [1.29, 1.82) is 0 Å². The first-order valence-corrected chi connectivity index (χ1v) is 9.78. The van der Waals surface area contributed by atoms with Gasteiger partial charge < -0.3 is 20.5 Å². The number of aliphatic carboxylic acids is 1. The van der Waals surface area contributed by atoms with Crippen molar-refractivity contribution in [3.63, 3.8) is 0 Å². The van der Waals surface area contributed by atoms with Gasteiger partial charge in [0, 0.05) is 22.7 Å². The Labute approximate surface area is 173 Å². The van der Waals surface area contributed by atoms with Crippen molar-refractivity contribution in [3.8, 4) is 5.75 Å². The van der Waals surface area contributed by atoms with Crippen LogP contribution in [0.5, 0.6) is 5.75 Å². The molecule has 1 unspecified atom stereocenters. The van der Waals surface area contributed by atoms with Crippen molar-refractivity contribution in [1.82, 2.24) is 0 Å². The number of hydrogen-bond acceptors (Lipinski definition) is 5. The molecule has 0 spiro atoms. The lowest BCUT2D eigenvalue weighted by Gasteiger charge is -2.15. The van der Waals surface area contributed by atoms with Crippen LogP contribution in [0.4, 0.5) is 11.4 Å². The molecule has 152 valence electrons. The molecule has 0 aliphatic carbocycles. The van der Waals surface area contributed by atoms with Crippen LogP contribution in [0.15, 0.2) is 65.6 Å². The molecule has 0 saturated heterocycles. The molecule has 0 radical (unpaired) electrons. The summed E-state index contributed by atoms with van der Waals surface area (Å²) in [5.41, 5.74) is 1.11. The highest BCUT2D eigenvalue weighted by molar-refractivity contribution is 8.00. The normalized spacial score (nSPS) is 11.7. The Morgan fingerprint density at radius 2 is 1.86 bits per heavy atom. The van der Waals surface area contributed by atoms with Crippen LogP contribution in [0.25, 0.3) is 0 Å². The first-order chi connectivity index (χ1) is 13.9. The molecule has 0 bridgehead atoms. The highest BCUT2D eigenvalue weighted by atomic mass is 32.2. The minimum atomic E-state index is -1.20. The molecule has 2 aromatic rings. The van der Waals surface area contributed by atoms with Crippen LogP contribution < -0.4 is 15.4 Å². The standard InChI is InChI=1S/C21H22N2O5S/c1-3-28-18-10-5-4-9-17(18)23-21(27)14(2)29-16-8-6-7-15(13-16)22-19(24)11-12-20(25)26/h4-14H,3H2,1-2H3,(H,22,24)(H,23,27)(H,25,26)/b12-11+. The van der Waals surface area contributed by atoms with Crippen molar-refractivity contribution in [2.24, 2.45) is 0 Å². The third-order valence-electron chi connectivity index (χ3n) is 3.61. The molecule has 8 heteroatoms. The molecule has 0 aliphatic rings. The lowest BCUT2D eigenvalue weighted by Crippen LogP contribution is -2.22. The van der Waals surface area contributed by atoms with Crippen LogP contribution >= 0.6 is 11.8 Å². The number of para-hydroxylation sites is 2. The first-order valence-electron chi connectivity index (χ1n) is 8.90. The van der Waals surface area contributed by atoms with Crippen molar-refractivity contribution in [2.45, 2.75) is 24.0 Å². The van der Waals surface area contributed by atoms with Gasteiger partial charge in [0.05, 0.1) is 17.5 Å². The van der Waals surface area contributed by atoms with Crippen LogP contribution in [0, 0.1) is 0 Å². The van der Waals surface area contributed by atoms with Crippen molar-refractivity contribution >= 4 is 40.9 Å². The Morgan fingerprint density at radius 3 is 2.59 bits per heavy atom. The van der Waals surface area contributed by atoms with Crippen LogP contribution in [-0.4, -0.2) is 34.7 Å². The van der Waals surface area contributed by atoms with E-state index >= 15 is 0 Å². The van der Waals surface area contributed by atoms with E-state index in [2.05, 4.69) is 10.6 Å². The number of hydrogen-bond donors (Lipinski definition) is 3. The largest absolute Gasteiger partial charge is 0.492 e. The molecule has 2 aromatic carbocycles. The Morgan fingerprint density at radius 1 is 1.10 bits per heavy atom. The zero-order valence-electron chi connectivity index (χ0n) is 16.0. The fourth-order valence-electron chi connectivity index (χ4n) is 2.32. The molecule has 0 saturated carbocycles. The third-order valence-corrected chi connectivity index (χ3v) is 4.70. The molecule has 0 fully saturated rings. The molecule has 1 atom stereocenters. The fourth-order valence-corrected chi connectivity index (χ4v) is 3.25. The summed E-state index contributed by atoms with van der Waals surface area (Å²) in [6.07, 6.45) is 1.70. The van der Waals surface area contributed by atoms with E-state index in [-0.39, 0.29) is 5.91 Å². The maximum atomic E-state index is 12.6. The van der Waals surface area contributed by atoms with E-state index < -0.39 is 17.1 Å². The number of ether oxygens (including phenoxy) is 1. The molecule has 2 rings (SSSR count). The second-order valence-corrected chi connectivity index (χ2v) is 7.28. The summed E-state index contributed by atoms with van der Waals surface area (Å²) in [7, 11) is 0. The first kappa shape index (κ1) is 22.0. The second-order valence-electron chi connectivity index (χ2n) is 5.87. The van der Waals surface area contributed by atoms with Gasteiger partial charge in [-0.3, -0.25) is 9.59 Å². The Balaban J connectivity index is 2.00. The summed E-state index contributed by atoms with van der Waals surface area (Å²) in [4.78, 5) is 35.5. The maximum Gasteiger partial charge on any atom is 0.328 e. The zero-order chi connectivity index (χ0) is 21.2. The minimum absolute atomic E-state index is 0.180. The number of rotatable bonds is 9. The van der Waals surface area contributed by atoms with Gasteiger partial charge >= 0.3 is 5.97 Å². The number of carbonyl (C=O) groups excluding carboxylic acids is 2. The summed E-state index contributed by atoms with van der Waals surface area (Å²) in [5.74, 6) is -1.32. The lowest BCUT2D eigenvalue weighted by molar-refractivity contribution is -0.131. The molecule has 29 heavy (non-hydrogen) atoms. The maximum absolute atomic E-state index is 12.6. The molecular weight excluding hydrogens is 392 g/mol. The van der Waals surface area contributed by atoms with E-state index in [0.29, 0.717) is 23.7 Å².